The van der Waals surface area contributed by atoms with Crippen molar-refractivity contribution in [3.05, 3.63) is 40.3 Å². The van der Waals surface area contributed by atoms with Gasteiger partial charge in [-0.05, 0) is 63.0 Å². The number of carbonyl (C=O) groups is 3. The van der Waals surface area contributed by atoms with Gasteiger partial charge in [0.25, 0.3) is 0 Å². The Morgan fingerprint density at radius 2 is 1.84 bits per heavy atom. The number of amides is 1. The summed E-state index contributed by atoms with van der Waals surface area (Å²) in [6.07, 6.45) is 2.54. The largest absolute Gasteiger partial charge is 0.481 e. The maximum atomic E-state index is 13.2. The van der Waals surface area contributed by atoms with Crippen LogP contribution in [0.3, 0.4) is 0 Å². The molecule has 1 heterocycles. The Morgan fingerprint density at radius 1 is 1.13 bits per heavy atom. The predicted octanol–water partition coefficient (Wildman–Crippen LogP) is 4.89. The monoisotopic (exact) mass is 441 g/mol. The number of esters is 1. The van der Waals surface area contributed by atoms with E-state index in [2.05, 4.69) is 5.32 Å². The number of rotatable bonds is 6. The summed E-state index contributed by atoms with van der Waals surface area (Å²) < 4.78 is 5.29. The average molecular weight is 442 g/mol. The van der Waals surface area contributed by atoms with Crippen molar-refractivity contribution in [1.29, 1.82) is 0 Å². The van der Waals surface area contributed by atoms with Crippen molar-refractivity contribution in [2.24, 2.45) is 23.7 Å². The second-order valence-corrected chi connectivity index (χ2v) is 9.48. The smallest absolute Gasteiger partial charge is 0.341 e. The lowest BCUT2D eigenvalue weighted by Crippen LogP contribution is -2.37. The second kappa shape index (κ2) is 8.46. The molecule has 7 heteroatoms. The summed E-state index contributed by atoms with van der Waals surface area (Å²) in [5.74, 6) is -2.75. The van der Waals surface area contributed by atoms with Gasteiger partial charge in [-0.3, -0.25) is 9.59 Å². The van der Waals surface area contributed by atoms with E-state index in [0.717, 1.165) is 41.5 Å². The highest BCUT2D eigenvalue weighted by Crippen LogP contribution is 2.53. The van der Waals surface area contributed by atoms with Crippen molar-refractivity contribution >= 4 is 34.2 Å². The predicted molar refractivity (Wildman–Crippen MR) is 119 cm³/mol. The quantitative estimate of drug-likeness (QED) is 0.623. The lowest BCUT2D eigenvalue weighted by molar-refractivity contribution is -0.148. The molecule has 31 heavy (non-hydrogen) atoms. The van der Waals surface area contributed by atoms with Crippen molar-refractivity contribution in [3.63, 3.8) is 0 Å². The Kier molecular flexibility index (Phi) is 5.88. The standard InChI is InChI=1S/C24H27NO5S/c1-4-30-24(29)20-17(16-8-5-12(2)9-13(16)3)11-31-22(20)25-21(26)18-14-6-7-15(10-14)19(18)23(27)28/h5,8-9,11,14-15,18-19H,4,6-7,10H2,1-3H3,(H,25,26)(H,27,28)/t14-,15+,18-,19+/m1/s1. The summed E-state index contributed by atoms with van der Waals surface area (Å²) in [6, 6.07) is 6.00. The number of aryl methyl sites for hydroxylation is 2. The van der Waals surface area contributed by atoms with Crippen LogP contribution in [-0.4, -0.2) is 29.6 Å². The van der Waals surface area contributed by atoms with Gasteiger partial charge in [-0.2, -0.15) is 0 Å². The van der Waals surface area contributed by atoms with Gasteiger partial charge in [0.1, 0.15) is 10.6 Å². The van der Waals surface area contributed by atoms with Gasteiger partial charge in [0.05, 0.1) is 18.4 Å². The molecule has 2 saturated carbocycles. The zero-order valence-electron chi connectivity index (χ0n) is 17.9. The van der Waals surface area contributed by atoms with Crippen LogP contribution in [-0.2, 0) is 14.3 Å². The van der Waals surface area contributed by atoms with Crippen LogP contribution in [0.1, 0.15) is 47.7 Å². The summed E-state index contributed by atoms with van der Waals surface area (Å²) in [7, 11) is 0. The van der Waals surface area contributed by atoms with Crippen LogP contribution < -0.4 is 5.32 Å². The maximum Gasteiger partial charge on any atom is 0.341 e. The number of thiophene rings is 1. The molecule has 2 fully saturated rings. The van der Waals surface area contributed by atoms with Crippen molar-refractivity contribution in [1.82, 2.24) is 0 Å². The Morgan fingerprint density at radius 3 is 2.48 bits per heavy atom. The number of aliphatic carboxylic acids is 1. The first-order valence-electron chi connectivity index (χ1n) is 10.7. The molecule has 0 aliphatic heterocycles. The van der Waals surface area contributed by atoms with E-state index in [4.69, 9.17) is 4.74 Å². The van der Waals surface area contributed by atoms with Crippen molar-refractivity contribution in [3.8, 4) is 11.1 Å². The Balaban J connectivity index is 1.68. The van der Waals surface area contributed by atoms with Gasteiger partial charge >= 0.3 is 11.9 Å². The van der Waals surface area contributed by atoms with Crippen LogP contribution in [0.15, 0.2) is 23.6 Å². The van der Waals surface area contributed by atoms with Gasteiger partial charge in [-0.25, -0.2) is 4.79 Å². The number of benzene rings is 1. The molecule has 0 spiro atoms. The molecule has 4 atom stereocenters. The molecule has 2 N–H and O–H groups in total. The molecule has 1 aromatic carbocycles. The number of hydrogen-bond acceptors (Lipinski definition) is 5. The molecule has 0 radical (unpaired) electrons. The van der Waals surface area contributed by atoms with Crippen LogP contribution in [0, 0.1) is 37.5 Å². The molecule has 1 amide bonds. The van der Waals surface area contributed by atoms with E-state index >= 15 is 0 Å². The van der Waals surface area contributed by atoms with E-state index in [1.54, 1.807) is 6.92 Å². The summed E-state index contributed by atoms with van der Waals surface area (Å²) >= 11 is 1.27. The number of carboxylic acids is 1. The highest BCUT2D eigenvalue weighted by atomic mass is 32.1. The van der Waals surface area contributed by atoms with E-state index < -0.39 is 23.8 Å². The average Bonchev–Trinajstić information content (AvgIpc) is 3.42. The Labute approximate surface area is 185 Å². The number of hydrogen-bond donors (Lipinski definition) is 2. The van der Waals surface area contributed by atoms with Crippen LogP contribution in [0.2, 0.25) is 0 Å². The van der Waals surface area contributed by atoms with Gasteiger partial charge in [0, 0.05) is 10.9 Å². The molecule has 6 nitrogen and oxygen atoms in total. The van der Waals surface area contributed by atoms with Gasteiger partial charge in [0.15, 0.2) is 0 Å². The van der Waals surface area contributed by atoms with Crippen LogP contribution >= 0.6 is 11.3 Å². The van der Waals surface area contributed by atoms with Crippen molar-refractivity contribution in [2.75, 3.05) is 11.9 Å². The lowest BCUT2D eigenvalue weighted by atomic mass is 9.78. The van der Waals surface area contributed by atoms with Gasteiger partial charge in [-0.1, -0.05) is 23.8 Å². The van der Waals surface area contributed by atoms with Crippen LogP contribution in [0.5, 0.6) is 0 Å². The fourth-order valence-electron chi connectivity index (χ4n) is 5.39. The third kappa shape index (κ3) is 3.87. The third-order valence-electron chi connectivity index (χ3n) is 6.68. The van der Waals surface area contributed by atoms with Gasteiger partial charge in [-0.15, -0.1) is 11.3 Å². The number of ether oxygens (including phenoxy) is 1. The minimum atomic E-state index is -0.903. The van der Waals surface area contributed by atoms with E-state index in [1.807, 2.05) is 37.4 Å². The molecular weight excluding hydrogens is 414 g/mol. The first-order valence-corrected chi connectivity index (χ1v) is 11.6. The maximum absolute atomic E-state index is 13.2. The second-order valence-electron chi connectivity index (χ2n) is 8.60. The van der Waals surface area contributed by atoms with Gasteiger partial charge in [0.2, 0.25) is 5.91 Å². The lowest BCUT2D eigenvalue weighted by Gasteiger charge is -2.27. The first kappa shape index (κ1) is 21.6. The highest BCUT2D eigenvalue weighted by Gasteiger charge is 2.54. The van der Waals surface area contributed by atoms with E-state index in [0.29, 0.717) is 10.6 Å². The minimum Gasteiger partial charge on any atom is -0.481 e. The van der Waals surface area contributed by atoms with Crippen molar-refractivity contribution < 1.29 is 24.2 Å². The fraction of sp³-hybridized carbons (Fsp3) is 0.458. The molecular formula is C24H27NO5S. The number of fused-ring (bicyclic) bond motifs is 2. The summed E-state index contributed by atoms with van der Waals surface area (Å²) in [4.78, 5) is 37.9. The van der Waals surface area contributed by atoms with E-state index in [1.165, 1.54) is 11.3 Å². The third-order valence-corrected chi connectivity index (χ3v) is 7.58. The normalized spacial score (nSPS) is 24.2. The molecule has 2 aromatic rings. The topological polar surface area (TPSA) is 92.7 Å². The number of anilines is 1. The van der Waals surface area contributed by atoms with E-state index in [-0.39, 0.29) is 24.3 Å². The zero-order chi connectivity index (χ0) is 22.3. The first-order chi connectivity index (χ1) is 14.8. The molecule has 4 rings (SSSR count). The number of nitrogens with one attached hydrogen (secondary N) is 1. The fourth-order valence-corrected chi connectivity index (χ4v) is 6.34. The summed E-state index contributed by atoms with van der Waals surface area (Å²) in [5, 5.41) is 14.9. The summed E-state index contributed by atoms with van der Waals surface area (Å²) in [6.45, 7) is 5.96. The highest BCUT2D eigenvalue weighted by molar-refractivity contribution is 7.15. The molecule has 2 aliphatic rings. The molecule has 2 bridgehead atoms. The van der Waals surface area contributed by atoms with Gasteiger partial charge < -0.3 is 15.2 Å². The SMILES string of the molecule is CCOC(=O)c1c(-c2ccc(C)cc2C)csc1NC(=O)[C@@H]1[C@@H]2CC[C@@H](C2)[C@@H]1C(=O)O. The molecule has 2 aliphatic carbocycles. The Hall–Kier alpha value is -2.67. The Bertz CT molecular complexity index is 1040. The summed E-state index contributed by atoms with van der Waals surface area (Å²) in [5.41, 5.74) is 4.12. The molecule has 0 unspecified atom stereocenters. The van der Waals surface area contributed by atoms with Crippen LogP contribution in [0.4, 0.5) is 5.00 Å². The number of carboxylic acid groups (broad SMARTS) is 1. The molecule has 0 saturated heterocycles. The number of carbonyl (C=O) groups excluding carboxylic acids is 2. The molecule has 1 aromatic heterocycles. The van der Waals surface area contributed by atoms with Crippen molar-refractivity contribution in [2.45, 2.75) is 40.0 Å². The van der Waals surface area contributed by atoms with Crippen LogP contribution in [0.25, 0.3) is 11.1 Å². The minimum absolute atomic E-state index is 0.0666. The van der Waals surface area contributed by atoms with E-state index in [9.17, 15) is 19.5 Å². The zero-order valence-corrected chi connectivity index (χ0v) is 18.8. The molecule has 164 valence electrons.